The van der Waals surface area contributed by atoms with Crippen molar-refractivity contribution < 1.29 is 22.8 Å². The third-order valence-corrected chi connectivity index (χ3v) is 2.18. The minimum Gasteiger partial charge on any atom is -0.324 e. The molecule has 0 aliphatic heterocycles. The van der Waals surface area contributed by atoms with Crippen molar-refractivity contribution in [2.45, 2.75) is 11.6 Å². The van der Waals surface area contributed by atoms with E-state index in [0.29, 0.717) is 0 Å². The first-order valence-electron chi connectivity index (χ1n) is 4.43. The van der Waals surface area contributed by atoms with Gasteiger partial charge in [-0.15, -0.1) is 11.6 Å². The van der Waals surface area contributed by atoms with Crippen molar-refractivity contribution in [1.29, 1.82) is 0 Å². The van der Waals surface area contributed by atoms with E-state index in [1.54, 1.807) is 18.2 Å². The fourth-order valence-electron chi connectivity index (χ4n) is 0.990. The van der Waals surface area contributed by atoms with Gasteiger partial charge in [0.2, 0.25) is 5.91 Å². The third kappa shape index (κ3) is 3.74. The van der Waals surface area contributed by atoms with Gasteiger partial charge in [0.15, 0.2) is 5.38 Å². The Labute approximate surface area is 99.6 Å². The molecule has 0 aliphatic carbocycles. The van der Waals surface area contributed by atoms with E-state index >= 15 is 0 Å². The standard InChI is InChI=1S/C10H7ClF3NO2/c11-7(8(16)10(12,13)14)9(17)15-6-4-2-1-3-5-6/h1-5,7H,(H,15,17)/t7-/m1/s1. The summed E-state index contributed by atoms with van der Waals surface area (Å²) in [5.74, 6) is -3.49. The van der Waals surface area contributed by atoms with Gasteiger partial charge in [-0.1, -0.05) is 18.2 Å². The predicted molar refractivity (Wildman–Crippen MR) is 55.8 cm³/mol. The molecular weight excluding hydrogens is 259 g/mol. The normalized spacial score (nSPS) is 12.9. The molecule has 0 spiro atoms. The number of alkyl halides is 4. The van der Waals surface area contributed by atoms with Gasteiger partial charge in [0.05, 0.1) is 0 Å². The smallest absolute Gasteiger partial charge is 0.324 e. The first-order valence-corrected chi connectivity index (χ1v) is 4.87. The number of halogens is 4. The molecule has 3 nitrogen and oxygen atoms in total. The molecule has 7 heteroatoms. The molecule has 0 bridgehead atoms. The van der Waals surface area contributed by atoms with Gasteiger partial charge in [-0.3, -0.25) is 9.59 Å². The number of carbonyl (C=O) groups is 2. The molecule has 0 aromatic heterocycles. The SMILES string of the molecule is O=C(Nc1ccccc1)[C@H](Cl)C(=O)C(F)(F)F. The summed E-state index contributed by atoms with van der Waals surface area (Å²) in [6.07, 6.45) is -5.12. The Morgan fingerprint density at radius 3 is 2.18 bits per heavy atom. The molecular formula is C10H7ClF3NO2. The lowest BCUT2D eigenvalue weighted by molar-refractivity contribution is -0.171. The highest BCUT2D eigenvalue weighted by atomic mass is 35.5. The number of para-hydroxylation sites is 1. The fraction of sp³-hybridized carbons (Fsp3) is 0.200. The second kappa shape index (κ2) is 5.18. The zero-order chi connectivity index (χ0) is 13.1. The molecule has 1 amide bonds. The summed E-state index contributed by atoms with van der Waals surface area (Å²) in [5, 5.41) is -0.179. The third-order valence-electron chi connectivity index (χ3n) is 1.78. The fourth-order valence-corrected chi connectivity index (χ4v) is 1.17. The van der Waals surface area contributed by atoms with E-state index in [1.165, 1.54) is 12.1 Å². The lowest BCUT2D eigenvalue weighted by Gasteiger charge is -2.11. The molecule has 0 radical (unpaired) electrons. The molecule has 1 N–H and O–H groups in total. The molecule has 1 aromatic carbocycles. The van der Waals surface area contributed by atoms with Crippen LogP contribution in [0.3, 0.4) is 0 Å². The van der Waals surface area contributed by atoms with Crippen LogP contribution in [0.5, 0.6) is 0 Å². The van der Waals surface area contributed by atoms with E-state index in [9.17, 15) is 22.8 Å². The van der Waals surface area contributed by atoms with Crippen LogP contribution in [0.4, 0.5) is 18.9 Å². The van der Waals surface area contributed by atoms with Gasteiger partial charge in [0, 0.05) is 5.69 Å². The van der Waals surface area contributed by atoms with Gasteiger partial charge < -0.3 is 5.32 Å². The molecule has 0 saturated carbocycles. The Morgan fingerprint density at radius 1 is 1.18 bits per heavy atom. The van der Waals surface area contributed by atoms with Crippen LogP contribution in [-0.4, -0.2) is 23.2 Å². The average molecular weight is 266 g/mol. The van der Waals surface area contributed by atoms with Gasteiger partial charge in [0.1, 0.15) is 0 Å². The average Bonchev–Trinajstić information content (AvgIpc) is 2.27. The summed E-state index contributed by atoms with van der Waals surface area (Å²) >= 11 is 5.13. The van der Waals surface area contributed by atoms with Gasteiger partial charge in [-0.25, -0.2) is 0 Å². The van der Waals surface area contributed by atoms with Crippen LogP contribution < -0.4 is 5.32 Å². The van der Waals surface area contributed by atoms with Crippen LogP contribution in [0.25, 0.3) is 0 Å². The van der Waals surface area contributed by atoms with E-state index in [2.05, 4.69) is 5.32 Å². The van der Waals surface area contributed by atoms with Crippen molar-refractivity contribution in [2.24, 2.45) is 0 Å². The number of benzene rings is 1. The summed E-state index contributed by atoms with van der Waals surface area (Å²) in [4.78, 5) is 21.9. The molecule has 0 unspecified atom stereocenters. The summed E-state index contributed by atoms with van der Waals surface area (Å²) in [5.41, 5.74) is 0.262. The van der Waals surface area contributed by atoms with Crippen molar-refractivity contribution >= 4 is 29.0 Å². The Balaban J connectivity index is 2.69. The summed E-state index contributed by atoms with van der Waals surface area (Å²) in [7, 11) is 0. The van der Waals surface area contributed by atoms with Crippen molar-refractivity contribution in [3.8, 4) is 0 Å². The lowest BCUT2D eigenvalue weighted by atomic mass is 10.2. The maximum absolute atomic E-state index is 12.0. The van der Waals surface area contributed by atoms with Crippen LogP contribution in [-0.2, 0) is 9.59 Å². The first-order chi connectivity index (χ1) is 7.82. The maximum Gasteiger partial charge on any atom is 0.452 e. The highest BCUT2D eigenvalue weighted by Gasteiger charge is 2.45. The molecule has 1 aromatic rings. The van der Waals surface area contributed by atoms with Crippen molar-refractivity contribution in [3.63, 3.8) is 0 Å². The number of carbonyl (C=O) groups excluding carboxylic acids is 2. The van der Waals surface area contributed by atoms with E-state index in [4.69, 9.17) is 11.6 Å². The number of anilines is 1. The predicted octanol–water partition coefficient (Wildman–Crippen LogP) is 2.36. The second-order valence-corrected chi connectivity index (χ2v) is 3.52. The Hall–Kier alpha value is -1.56. The van der Waals surface area contributed by atoms with Gasteiger partial charge in [-0.2, -0.15) is 13.2 Å². The monoisotopic (exact) mass is 265 g/mol. The van der Waals surface area contributed by atoms with Crippen LogP contribution in [0.1, 0.15) is 0 Å². The van der Waals surface area contributed by atoms with Crippen molar-refractivity contribution in [3.05, 3.63) is 30.3 Å². The first kappa shape index (κ1) is 13.5. The maximum atomic E-state index is 12.0. The summed E-state index contributed by atoms with van der Waals surface area (Å²) in [6.45, 7) is 0. The molecule has 1 rings (SSSR count). The Kier molecular flexibility index (Phi) is 4.11. The molecule has 0 fully saturated rings. The number of nitrogens with one attached hydrogen (secondary N) is 1. The van der Waals surface area contributed by atoms with Crippen LogP contribution in [0, 0.1) is 0 Å². The molecule has 17 heavy (non-hydrogen) atoms. The van der Waals surface area contributed by atoms with E-state index in [0.717, 1.165) is 0 Å². The minimum absolute atomic E-state index is 0.262. The number of ketones is 1. The molecule has 0 aliphatic rings. The van der Waals surface area contributed by atoms with Gasteiger partial charge >= 0.3 is 6.18 Å². The molecule has 1 atom stereocenters. The van der Waals surface area contributed by atoms with Crippen molar-refractivity contribution in [1.82, 2.24) is 0 Å². The number of hydrogen-bond donors (Lipinski definition) is 1. The number of rotatable bonds is 3. The second-order valence-electron chi connectivity index (χ2n) is 3.08. The highest BCUT2D eigenvalue weighted by molar-refractivity contribution is 6.43. The van der Waals surface area contributed by atoms with E-state index in [-0.39, 0.29) is 5.69 Å². The summed E-state index contributed by atoms with van der Waals surface area (Å²) < 4.78 is 36.0. The highest BCUT2D eigenvalue weighted by Crippen LogP contribution is 2.21. The topological polar surface area (TPSA) is 46.2 Å². The Morgan fingerprint density at radius 2 is 1.71 bits per heavy atom. The van der Waals surface area contributed by atoms with E-state index in [1.807, 2.05) is 0 Å². The zero-order valence-electron chi connectivity index (χ0n) is 8.29. The molecule has 0 saturated heterocycles. The Bertz CT molecular complexity index is 419. The zero-order valence-corrected chi connectivity index (χ0v) is 9.05. The number of Topliss-reactive ketones (excluding diaryl/α,β-unsaturated/α-hetero) is 1. The summed E-state index contributed by atoms with van der Waals surface area (Å²) in [6, 6.07) is 7.72. The van der Waals surface area contributed by atoms with Crippen LogP contribution in [0.2, 0.25) is 0 Å². The van der Waals surface area contributed by atoms with Crippen LogP contribution in [0.15, 0.2) is 30.3 Å². The quantitative estimate of drug-likeness (QED) is 0.674. The van der Waals surface area contributed by atoms with Crippen molar-refractivity contribution in [2.75, 3.05) is 5.32 Å². The minimum atomic E-state index is -5.12. The largest absolute Gasteiger partial charge is 0.452 e. The number of amides is 1. The van der Waals surface area contributed by atoms with E-state index < -0.39 is 23.2 Å². The van der Waals surface area contributed by atoms with Crippen LogP contribution >= 0.6 is 11.6 Å². The number of hydrogen-bond acceptors (Lipinski definition) is 2. The van der Waals surface area contributed by atoms with Gasteiger partial charge in [-0.05, 0) is 12.1 Å². The van der Waals surface area contributed by atoms with Gasteiger partial charge in [0.25, 0.3) is 5.78 Å². The molecule has 0 heterocycles. The lowest BCUT2D eigenvalue weighted by Crippen LogP contribution is -2.39. The molecule has 92 valence electrons.